The van der Waals surface area contributed by atoms with Gasteiger partial charge in [0.2, 0.25) is 0 Å². The Morgan fingerprint density at radius 3 is 2.71 bits per heavy atom. The lowest BCUT2D eigenvalue weighted by atomic mass is 9.94. The zero-order valence-corrected chi connectivity index (χ0v) is 12.8. The Bertz CT molecular complexity index is 447. The van der Waals surface area contributed by atoms with Gasteiger partial charge < -0.3 is 16.3 Å². The molecule has 3 unspecified atom stereocenters. The van der Waals surface area contributed by atoms with Crippen LogP contribution in [0.4, 0.5) is 0 Å². The zero-order valence-electron chi connectivity index (χ0n) is 12.8. The monoisotopic (exact) mass is 289 g/mol. The van der Waals surface area contributed by atoms with Crippen molar-refractivity contribution in [3.05, 3.63) is 35.9 Å². The summed E-state index contributed by atoms with van der Waals surface area (Å²) in [5.41, 5.74) is 6.98. The molecule has 0 amide bonds. The van der Waals surface area contributed by atoms with E-state index in [4.69, 9.17) is 10.9 Å². The standard InChI is InChI=1S/C17H27N3O/c1-13-8-4-2-7-11-16(13)19-12-15(17(18)20-21)14-9-5-3-6-10-14/h3,5-6,9-10,13,15-16,19,21H,2,4,7-8,11-12H2,1H3,(H2,18,20). The van der Waals surface area contributed by atoms with Gasteiger partial charge in [0.15, 0.2) is 0 Å². The number of hydrogen-bond donors (Lipinski definition) is 3. The lowest BCUT2D eigenvalue weighted by molar-refractivity contribution is 0.313. The van der Waals surface area contributed by atoms with Gasteiger partial charge in [0.25, 0.3) is 0 Å². The molecule has 116 valence electrons. The van der Waals surface area contributed by atoms with Crippen LogP contribution in [-0.4, -0.2) is 23.6 Å². The van der Waals surface area contributed by atoms with Crippen molar-refractivity contribution in [2.75, 3.05) is 6.54 Å². The summed E-state index contributed by atoms with van der Waals surface area (Å²) < 4.78 is 0. The van der Waals surface area contributed by atoms with Crippen LogP contribution in [0.3, 0.4) is 0 Å². The normalized spacial score (nSPS) is 25.3. The fourth-order valence-corrected chi connectivity index (χ4v) is 3.21. The molecular weight excluding hydrogens is 262 g/mol. The van der Waals surface area contributed by atoms with E-state index in [2.05, 4.69) is 17.4 Å². The third-order valence-corrected chi connectivity index (χ3v) is 4.62. The average molecular weight is 289 g/mol. The first-order valence-corrected chi connectivity index (χ1v) is 7.98. The Kier molecular flexibility index (Phi) is 6.05. The van der Waals surface area contributed by atoms with E-state index in [-0.39, 0.29) is 11.8 Å². The van der Waals surface area contributed by atoms with Gasteiger partial charge in [-0.15, -0.1) is 0 Å². The molecule has 1 saturated carbocycles. The minimum atomic E-state index is -0.0772. The maximum atomic E-state index is 9.04. The number of nitrogens with zero attached hydrogens (tertiary/aromatic N) is 1. The first-order valence-electron chi connectivity index (χ1n) is 7.98. The van der Waals surface area contributed by atoms with Crippen LogP contribution in [-0.2, 0) is 0 Å². The highest BCUT2D eigenvalue weighted by Crippen LogP contribution is 2.24. The van der Waals surface area contributed by atoms with Crippen LogP contribution in [0.25, 0.3) is 0 Å². The van der Waals surface area contributed by atoms with Crippen LogP contribution in [0.2, 0.25) is 0 Å². The summed E-state index contributed by atoms with van der Waals surface area (Å²) in [6.07, 6.45) is 6.48. The van der Waals surface area contributed by atoms with Crippen molar-refractivity contribution in [2.45, 2.75) is 51.0 Å². The molecule has 1 aliphatic carbocycles. The molecule has 4 heteroatoms. The summed E-state index contributed by atoms with van der Waals surface area (Å²) in [5, 5.41) is 15.9. The largest absolute Gasteiger partial charge is 0.409 e. The van der Waals surface area contributed by atoms with Gasteiger partial charge in [-0.2, -0.15) is 0 Å². The molecule has 2 rings (SSSR count). The predicted molar refractivity (Wildman–Crippen MR) is 86.6 cm³/mol. The van der Waals surface area contributed by atoms with Gasteiger partial charge in [-0.3, -0.25) is 0 Å². The summed E-state index contributed by atoms with van der Waals surface area (Å²) in [6.45, 7) is 3.04. The second-order valence-corrected chi connectivity index (χ2v) is 6.12. The summed E-state index contributed by atoms with van der Waals surface area (Å²) in [5.74, 6) is 0.887. The molecule has 0 heterocycles. The van der Waals surface area contributed by atoms with E-state index >= 15 is 0 Å². The van der Waals surface area contributed by atoms with E-state index in [1.165, 1.54) is 32.1 Å². The average Bonchev–Trinajstić information content (AvgIpc) is 2.73. The maximum absolute atomic E-state index is 9.04. The van der Waals surface area contributed by atoms with Crippen LogP contribution in [0.5, 0.6) is 0 Å². The van der Waals surface area contributed by atoms with Gasteiger partial charge >= 0.3 is 0 Å². The molecular formula is C17H27N3O. The van der Waals surface area contributed by atoms with Crippen molar-refractivity contribution in [2.24, 2.45) is 16.8 Å². The van der Waals surface area contributed by atoms with Crippen LogP contribution >= 0.6 is 0 Å². The fraction of sp³-hybridized carbons (Fsp3) is 0.588. The Balaban J connectivity index is 2.02. The molecule has 0 spiro atoms. The van der Waals surface area contributed by atoms with Crippen molar-refractivity contribution >= 4 is 5.84 Å². The number of benzene rings is 1. The predicted octanol–water partition coefficient (Wildman–Crippen LogP) is 3.08. The van der Waals surface area contributed by atoms with Gasteiger partial charge in [-0.1, -0.05) is 61.7 Å². The van der Waals surface area contributed by atoms with Gasteiger partial charge in [0, 0.05) is 12.6 Å². The third kappa shape index (κ3) is 4.46. The highest BCUT2D eigenvalue weighted by atomic mass is 16.4. The number of rotatable bonds is 5. The molecule has 1 aliphatic rings. The molecule has 3 atom stereocenters. The minimum Gasteiger partial charge on any atom is -0.409 e. The Morgan fingerprint density at radius 1 is 1.29 bits per heavy atom. The first kappa shape index (κ1) is 15.8. The smallest absolute Gasteiger partial charge is 0.147 e. The Morgan fingerprint density at radius 2 is 2.00 bits per heavy atom. The number of oxime groups is 1. The second kappa shape index (κ2) is 8.03. The van der Waals surface area contributed by atoms with Crippen molar-refractivity contribution in [3.63, 3.8) is 0 Å². The van der Waals surface area contributed by atoms with Crippen molar-refractivity contribution in [3.8, 4) is 0 Å². The lowest BCUT2D eigenvalue weighted by Crippen LogP contribution is -2.40. The Labute approximate surface area is 127 Å². The van der Waals surface area contributed by atoms with Crippen molar-refractivity contribution < 1.29 is 5.21 Å². The van der Waals surface area contributed by atoms with Crippen molar-refractivity contribution in [1.82, 2.24) is 5.32 Å². The zero-order chi connectivity index (χ0) is 15.1. The molecule has 0 aromatic heterocycles. The molecule has 0 bridgehead atoms. The molecule has 0 radical (unpaired) electrons. The van der Waals surface area contributed by atoms with Crippen LogP contribution in [0.1, 0.15) is 50.5 Å². The summed E-state index contributed by atoms with van der Waals surface area (Å²) in [7, 11) is 0. The minimum absolute atomic E-state index is 0.0772. The molecule has 0 aliphatic heterocycles. The number of amidine groups is 1. The fourth-order valence-electron chi connectivity index (χ4n) is 3.21. The molecule has 4 N–H and O–H groups in total. The third-order valence-electron chi connectivity index (χ3n) is 4.62. The van der Waals surface area contributed by atoms with E-state index in [1.807, 2.05) is 30.3 Å². The second-order valence-electron chi connectivity index (χ2n) is 6.12. The maximum Gasteiger partial charge on any atom is 0.147 e. The molecule has 1 fully saturated rings. The van der Waals surface area contributed by atoms with Crippen molar-refractivity contribution in [1.29, 1.82) is 0 Å². The number of nitrogens with two attached hydrogens (primary N) is 1. The summed E-state index contributed by atoms with van der Waals surface area (Å²) >= 11 is 0. The molecule has 1 aromatic rings. The van der Waals surface area contributed by atoms with Gasteiger partial charge in [0.05, 0.1) is 5.92 Å². The summed E-state index contributed by atoms with van der Waals surface area (Å²) in [6, 6.07) is 10.5. The molecule has 1 aromatic carbocycles. The van der Waals surface area contributed by atoms with Gasteiger partial charge in [-0.25, -0.2) is 0 Å². The van der Waals surface area contributed by atoms with E-state index in [1.54, 1.807) is 0 Å². The van der Waals surface area contributed by atoms with Crippen LogP contribution < -0.4 is 11.1 Å². The van der Waals surface area contributed by atoms with Gasteiger partial charge in [-0.05, 0) is 24.3 Å². The van der Waals surface area contributed by atoms with E-state index in [9.17, 15) is 0 Å². The van der Waals surface area contributed by atoms with Crippen LogP contribution in [0.15, 0.2) is 35.5 Å². The lowest BCUT2D eigenvalue weighted by Gasteiger charge is -2.26. The molecule has 0 saturated heterocycles. The number of nitrogens with one attached hydrogen (secondary N) is 1. The molecule has 4 nitrogen and oxygen atoms in total. The van der Waals surface area contributed by atoms with E-state index < -0.39 is 0 Å². The topological polar surface area (TPSA) is 70.6 Å². The summed E-state index contributed by atoms with van der Waals surface area (Å²) in [4.78, 5) is 0. The van der Waals surface area contributed by atoms with Gasteiger partial charge in [0.1, 0.15) is 5.84 Å². The van der Waals surface area contributed by atoms with E-state index in [0.717, 1.165) is 12.1 Å². The Hall–Kier alpha value is -1.55. The number of hydrogen-bond acceptors (Lipinski definition) is 3. The SMILES string of the molecule is CC1CCCCCC1NCC(C(N)=NO)c1ccccc1. The first-order chi connectivity index (χ1) is 10.2. The van der Waals surface area contributed by atoms with E-state index in [0.29, 0.717) is 12.0 Å². The molecule has 21 heavy (non-hydrogen) atoms. The van der Waals surface area contributed by atoms with Crippen LogP contribution in [0, 0.1) is 5.92 Å². The highest BCUT2D eigenvalue weighted by molar-refractivity contribution is 5.87. The quantitative estimate of drug-likeness (QED) is 0.256. The highest BCUT2D eigenvalue weighted by Gasteiger charge is 2.22.